The van der Waals surface area contributed by atoms with E-state index >= 15 is 0 Å². The Hall–Kier alpha value is -2.54. The molecule has 0 bridgehead atoms. The number of nitrogens with zero attached hydrogens (tertiary/aromatic N) is 1. The summed E-state index contributed by atoms with van der Waals surface area (Å²) < 4.78 is 28.7. The largest absolute Gasteiger partial charge is 0.325 e. The molecule has 1 heterocycles. The maximum absolute atomic E-state index is 13.0. The molecule has 0 spiro atoms. The molecule has 144 valence electrons. The number of amides is 2. The van der Waals surface area contributed by atoms with Crippen molar-refractivity contribution in [3.8, 4) is 0 Å². The van der Waals surface area contributed by atoms with E-state index in [-0.39, 0.29) is 10.9 Å². The second-order valence-corrected chi connectivity index (χ2v) is 8.62. The highest BCUT2D eigenvalue weighted by Crippen LogP contribution is 2.28. The van der Waals surface area contributed by atoms with Crippen molar-refractivity contribution in [2.75, 3.05) is 23.1 Å². The predicted molar refractivity (Wildman–Crippen MR) is 108 cm³/mol. The van der Waals surface area contributed by atoms with Gasteiger partial charge in [0.25, 0.3) is 10.0 Å². The van der Waals surface area contributed by atoms with Gasteiger partial charge in [-0.05, 0) is 56.9 Å². The predicted octanol–water partition coefficient (Wildman–Crippen LogP) is 4.04. The fourth-order valence-corrected chi connectivity index (χ4v) is 5.12. The van der Waals surface area contributed by atoms with Crippen LogP contribution in [-0.4, -0.2) is 32.4 Å². The summed E-state index contributed by atoms with van der Waals surface area (Å²) >= 11 is 0. The number of carbonyl (C=O) groups is 1. The maximum atomic E-state index is 13.0. The number of urea groups is 1. The first-order valence-corrected chi connectivity index (χ1v) is 10.5. The van der Waals surface area contributed by atoms with Gasteiger partial charge in [0.1, 0.15) is 0 Å². The Balaban J connectivity index is 1.88. The van der Waals surface area contributed by atoms with Gasteiger partial charge in [-0.1, -0.05) is 29.8 Å². The van der Waals surface area contributed by atoms with Crippen LogP contribution in [0.25, 0.3) is 0 Å². The van der Waals surface area contributed by atoms with Gasteiger partial charge >= 0.3 is 6.03 Å². The second kappa shape index (κ2) is 7.60. The molecular formula is C20H25N3O3S. The number of para-hydroxylation sites is 2. The van der Waals surface area contributed by atoms with Crippen LogP contribution in [0.3, 0.4) is 0 Å². The summed E-state index contributed by atoms with van der Waals surface area (Å²) in [5.41, 5.74) is 3.20. The molecule has 6 nitrogen and oxygen atoms in total. The Morgan fingerprint density at radius 3 is 2.11 bits per heavy atom. The molecule has 0 aromatic heterocycles. The van der Waals surface area contributed by atoms with Gasteiger partial charge in [-0.2, -0.15) is 0 Å². The van der Waals surface area contributed by atoms with E-state index in [1.54, 1.807) is 43.0 Å². The van der Waals surface area contributed by atoms with Crippen LogP contribution < -0.4 is 10.0 Å². The number of likely N-dealkylation sites (tertiary alicyclic amines) is 1. The van der Waals surface area contributed by atoms with Gasteiger partial charge in [-0.3, -0.25) is 4.72 Å². The third kappa shape index (κ3) is 4.24. The van der Waals surface area contributed by atoms with Crippen molar-refractivity contribution < 1.29 is 13.2 Å². The molecule has 0 unspecified atom stereocenters. The third-order valence-electron chi connectivity index (χ3n) is 4.68. The van der Waals surface area contributed by atoms with E-state index in [0.29, 0.717) is 22.5 Å². The first kappa shape index (κ1) is 19.2. The van der Waals surface area contributed by atoms with E-state index in [2.05, 4.69) is 10.0 Å². The second-order valence-electron chi connectivity index (χ2n) is 7.00. The van der Waals surface area contributed by atoms with Crippen LogP contribution in [0, 0.1) is 20.8 Å². The van der Waals surface area contributed by atoms with Crippen LogP contribution in [0.4, 0.5) is 16.2 Å². The first-order chi connectivity index (χ1) is 12.8. The SMILES string of the molecule is Cc1cc(C)c(S(=O)(=O)Nc2ccccc2NC(=O)N2CCCC2)c(C)c1. The molecule has 2 aromatic carbocycles. The fourth-order valence-electron chi connectivity index (χ4n) is 3.58. The van der Waals surface area contributed by atoms with Crippen LogP contribution in [0.15, 0.2) is 41.3 Å². The molecular weight excluding hydrogens is 362 g/mol. The molecule has 7 heteroatoms. The number of hydrogen-bond donors (Lipinski definition) is 2. The monoisotopic (exact) mass is 387 g/mol. The van der Waals surface area contributed by atoms with Crippen molar-refractivity contribution in [1.29, 1.82) is 0 Å². The average Bonchev–Trinajstić information content (AvgIpc) is 3.09. The minimum atomic E-state index is -3.78. The summed E-state index contributed by atoms with van der Waals surface area (Å²) in [6.07, 6.45) is 1.99. The summed E-state index contributed by atoms with van der Waals surface area (Å²) in [5.74, 6) is 0. The van der Waals surface area contributed by atoms with Gasteiger partial charge in [-0.15, -0.1) is 0 Å². The van der Waals surface area contributed by atoms with Crippen molar-refractivity contribution in [2.45, 2.75) is 38.5 Å². The summed E-state index contributed by atoms with van der Waals surface area (Å²) in [7, 11) is -3.78. The Morgan fingerprint density at radius 1 is 0.963 bits per heavy atom. The Bertz CT molecular complexity index is 941. The lowest BCUT2D eigenvalue weighted by Crippen LogP contribution is -2.32. The molecule has 2 amide bonds. The molecule has 1 fully saturated rings. The van der Waals surface area contributed by atoms with Gasteiger partial charge < -0.3 is 10.2 Å². The van der Waals surface area contributed by atoms with Crippen LogP contribution in [-0.2, 0) is 10.0 Å². The highest BCUT2D eigenvalue weighted by Gasteiger charge is 2.23. The van der Waals surface area contributed by atoms with Crippen molar-refractivity contribution in [2.24, 2.45) is 0 Å². The highest BCUT2D eigenvalue weighted by atomic mass is 32.2. The topological polar surface area (TPSA) is 78.5 Å². The Labute approximate surface area is 160 Å². The van der Waals surface area contributed by atoms with Crippen molar-refractivity contribution in [3.05, 3.63) is 53.1 Å². The number of aryl methyl sites for hydroxylation is 3. The van der Waals surface area contributed by atoms with Gasteiger partial charge in [0.2, 0.25) is 0 Å². The lowest BCUT2D eigenvalue weighted by atomic mass is 10.1. The lowest BCUT2D eigenvalue weighted by molar-refractivity contribution is 0.222. The number of benzene rings is 2. The zero-order valence-corrected chi connectivity index (χ0v) is 16.7. The minimum absolute atomic E-state index is 0.207. The van der Waals surface area contributed by atoms with E-state index in [1.165, 1.54) is 0 Å². The molecule has 0 radical (unpaired) electrons. The van der Waals surface area contributed by atoms with E-state index in [1.807, 2.05) is 19.1 Å². The molecule has 27 heavy (non-hydrogen) atoms. The van der Waals surface area contributed by atoms with E-state index in [0.717, 1.165) is 31.5 Å². The van der Waals surface area contributed by atoms with E-state index in [9.17, 15) is 13.2 Å². The maximum Gasteiger partial charge on any atom is 0.321 e. The van der Waals surface area contributed by atoms with Crippen molar-refractivity contribution >= 4 is 27.4 Å². The molecule has 1 aliphatic heterocycles. The summed E-state index contributed by atoms with van der Waals surface area (Å²) in [5, 5.41) is 2.82. The molecule has 0 aliphatic carbocycles. The number of hydrogen-bond acceptors (Lipinski definition) is 3. The lowest BCUT2D eigenvalue weighted by Gasteiger charge is -2.19. The molecule has 0 atom stereocenters. The van der Waals surface area contributed by atoms with Crippen LogP contribution in [0.5, 0.6) is 0 Å². The first-order valence-electron chi connectivity index (χ1n) is 9.03. The number of anilines is 2. The van der Waals surface area contributed by atoms with Crippen LogP contribution in [0.1, 0.15) is 29.5 Å². The van der Waals surface area contributed by atoms with Gasteiger partial charge in [0.05, 0.1) is 16.3 Å². The molecule has 1 aliphatic rings. The zero-order chi connectivity index (χ0) is 19.6. The quantitative estimate of drug-likeness (QED) is 0.831. The van der Waals surface area contributed by atoms with Gasteiger partial charge in [-0.25, -0.2) is 13.2 Å². The molecule has 2 aromatic rings. The number of sulfonamides is 1. The summed E-state index contributed by atoms with van der Waals surface area (Å²) in [6.45, 7) is 6.96. The molecule has 2 N–H and O–H groups in total. The molecule has 3 rings (SSSR count). The van der Waals surface area contributed by atoms with E-state index < -0.39 is 10.0 Å². The van der Waals surface area contributed by atoms with Gasteiger partial charge in [0, 0.05) is 13.1 Å². The third-order valence-corrected chi connectivity index (χ3v) is 6.35. The average molecular weight is 388 g/mol. The summed E-state index contributed by atoms with van der Waals surface area (Å²) in [4.78, 5) is 14.4. The minimum Gasteiger partial charge on any atom is -0.325 e. The fraction of sp³-hybridized carbons (Fsp3) is 0.350. The normalized spacial score (nSPS) is 14.3. The summed E-state index contributed by atoms with van der Waals surface area (Å²) in [6, 6.07) is 10.3. The molecule has 0 saturated carbocycles. The van der Waals surface area contributed by atoms with Crippen molar-refractivity contribution in [3.63, 3.8) is 0 Å². The Morgan fingerprint density at radius 2 is 1.52 bits per heavy atom. The van der Waals surface area contributed by atoms with Crippen LogP contribution >= 0.6 is 0 Å². The van der Waals surface area contributed by atoms with Crippen LogP contribution in [0.2, 0.25) is 0 Å². The Kier molecular flexibility index (Phi) is 5.41. The highest BCUT2D eigenvalue weighted by molar-refractivity contribution is 7.92. The smallest absolute Gasteiger partial charge is 0.321 e. The number of nitrogens with one attached hydrogen (secondary N) is 2. The molecule has 1 saturated heterocycles. The van der Waals surface area contributed by atoms with Gasteiger partial charge in [0.15, 0.2) is 0 Å². The number of rotatable bonds is 4. The number of carbonyl (C=O) groups excluding carboxylic acids is 1. The van der Waals surface area contributed by atoms with E-state index in [4.69, 9.17) is 0 Å². The van der Waals surface area contributed by atoms with Crippen molar-refractivity contribution in [1.82, 2.24) is 4.90 Å². The standard InChI is InChI=1S/C20H25N3O3S/c1-14-12-15(2)19(16(3)13-14)27(25,26)22-18-9-5-4-8-17(18)21-20(24)23-10-6-7-11-23/h4-5,8-9,12-13,22H,6-7,10-11H2,1-3H3,(H,21,24). The zero-order valence-electron chi connectivity index (χ0n) is 15.9.